The van der Waals surface area contributed by atoms with Crippen molar-refractivity contribution in [2.45, 2.75) is 58.6 Å². The molecule has 0 spiro atoms. The summed E-state index contributed by atoms with van der Waals surface area (Å²) in [6.45, 7) is 8.69. The van der Waals surface area contributed by atoms with Crippen LogP contribution in [0.1, 0.15) is 52.5 Å². The van der Waals surface area contributed by atoms with Gasteiger partial charge in [0, 0.05) is 25.7 Å². The van der Waals surface area contributed by atoms with Crippen molar-refractivity contribution in [3.05, 3.63) is 57.1 Å². The summed E-state index contributed by atoms with van der Waals surface area (Å²) in [5, 5.41) is 8.06. The second-order valence-corrected chi connectivity index (χ2v) is 9.57. The number of aromatic nitrogens is 2. The van der Waals surface area contributed by atoms with Crippen LogP contribution in [0.2, 0.25) is 0 Å². The molecular formula is C25H32N6O3. The molecule has 9 nitrogen and oxygen atoms in total. The maximum atomic E-state index is 12.7. The average molecular weight is 465 g/mol. The van der Waals surface area contributed by atoms with Crippen LogP contribution in [0, 0.1) is 0 Å². The Hall–Kier alpha value is -3.49. The number of fused-ring (bicyclic) bond motifs is 1. The van der Waals surface area contributed by atoms with Crippen LogP contribution in [0.25, 0.3) is 6.08 Å². The van der Waals surface area contributed by atoms with E-state index in [0.717, 1.165) is 17.3 Å². The van der Waals surface area contributed by atoms with Gasteiger partial charge in [-0.1, -0.05) is 43.3 Å². The van der Waals surface area contributed by atoms with Crippen LogP contribution in [0.4, 0.5) is 10.6 Å². The molecule has 1 aromatic heterocycles. The highest BCUT2D eigenvalue weighted by Crippen LogP contribution is 2.23. The molecular weight excluding hydrogens is 432 g/mol. The Kier molecular flexibility index (Phi) is 6.54. The maximum absolute atomic E-state index is 12.7. The Morgan fingerprint density at radius 3 is 2.47 bits per heavy atom. The number of anilines is 1. The van der Waals surface area contributed by atoms with Gasteiger partial charge >= 0.3 is 11.8 Å². The lowest BCUT2D eigenvalue weighted by molar-refractivity contribution is 0.0204. The van der Waals surface area contributed by atoms with Gasteiger partial charge in [-0.05, 0) is 40.0 Å². The third-order valence-electron chi connectivity index (χ3n) is 5.83. The lowest BCUT2D eigenvalue weighted by Crippen LogP contribution is -2.53. The molecule has 0 saturated carbocycles. The minimum absolute atomic E-state index is 0.0271. The van der Waals surface area contributed by atoms with Crippen molar-refractivity contribution in [1.82, 2.24) is 14.5 Å². The van der Waals surface area contributed by atoms with Crippen LogP contribution in [0.15, 0.2) is 45.2 Å². The standard InChI is InChI=1S/C25H32N6O3/c1-6-10-19-20-22(27-23(32)29(19)5)31(28-21(26-20)17-11-8-7-9-12-17)18-13-15-30(16-14-18)24(33)34-25(2,3)4/h7-12,18H,6,13-16H2,1-5H3/b19-10-. The molecule has 34 heavy (non-hydrogen) atoms. The van der Waals surface area contributed by atoms with E-state index < -0.39 is 5.60 Å². The van der Waals surface area contributed by atoms with Crippen molar-refractivity contribution in [3.8, 4) is 0 Å². The fourth-order valence-corrected chi connectivity index (χ4v) is 4.15. The van der Waals surface area contributed by atoms with E-state index in [0.29, 0.717) is 42.9 Å². The molecule has 0 N–H and O–H groups in total. The van der Waals surface area contributed by atoms with E-state index in [-0.39, 0.29) is 17.8 Å². The molecule has 1 fully saturated rings. The van der Waals surface area contributed by atoms with Crippen LogP contribution in [0.3, 0.4) is 0 Å². The number of nitrogens with zero attached hydrogens (tertiary/aromatic N) is 6. The monoisotopic (exact) mass is 464 g/mol. The van der Waals surface area contributed by atoms with E-state index in [1.807, 2.05) is 69.1 Å². The highest BCUT2D eigenvalue weighted by Gasteiger charge is 2.33. The van der Waals surface area contributed by atoms with Gasteiger partial charge in [0.1, 0.15) is 11.0 Å². The number of piperidine rings is 1. The van der Waals surface area contributed by atoms with Gasteiger partial charge in [-0.25, -0.2) is 19.6 Å². The Labute approximate surface area is 199 Å². The maximum Gasteiger partial charge on any atom is 0.410 e. The molecule has 0 atom stereocenters. The first kappa shape index (κ1) is 23.7. The predicted octanol–water partition coefficient (Wildman–Crippen LogP) is 2.17. The number of hydrogen-bond donors (Lipinski definition) is 0. The summed E-state index contributed by atoms with van der Waals surface area (Å²) in [7, 11) is 1.71. The molecule has 1 aromatic carbocycles. The van der Waals surface area contributed by atoms with E-state index in [1.165, 1.54) is 4.57 Å². The van der Waals surface area contributed by atoms with Gasteiger partial charge in [0.25, 0.3) is 0 Å². The Bertz CT molecular complexity index is 1270. The first-order valence-corrected chi connectivity index (χ1v) is 11.7. The van der Waals surface area contributed by atoms with Gasteiger partial charge in [0.2, 0.25) is 0 Å². The first-order valence-electron chi connectivity index (χ1n) is 11.7. The van der Waals surface area contributed by atoms with Crippen molar-refractivity contribution >= 4 is 23.8 Å². The van der Waals surface area contributed by atoms with Crippen molar-refractivity contribution < 1.29 is 9.53 Å². The minimum atomic E-state index is -0.535. The zero-order valence-electron chi connectivity index (χ0n) is 20.5. The quantitative estimate of drug-likeness (QED) is 0.694. The summed E-state index contributed by atoms with van der Waals surface area (Å²) in [6, 6.07) is 9.76. The molecule has 3 heterocycles. The van der Waals surface area contributed by atoms with E-state index >= 15 is 0 Å². The fourth-order valence-electron chi connectivity index (χ4n) is 4.15. The zero-order valence-corrected chi connectivity index (χ0v) is 20.5. The third-order valence-corrected chi connectivity index (χ3v) is 5.83. The van der Waals surface area contributed by atoms with Gasteiger partial charge in [0.15, 0.2) is 11.7 Å². The number of benzene rings is 1. The van der Waals surface area contributed by atoms with Crippen LogP contribution < -0.4 is 21.4 Å². The van der Waals surface area contributed by atoms with Crippen molar-refractivity contribution in [2.75, 3.05) is 18.1 Å². The smallest absolute Gasteiger partial charge is 0.410 e. The lowest BCUT2D eigenvalue weighted by atomic mass is 10.0. The first-order chi connectivity index (χ1) is 16.2. The average Bonchev–Trinajstić information content (AvgIpc) is 2.81. The number of likely N-dealkylation sites (tertiary alicyclic amines) is 1. The number of hydrogen-bond acceptors (Lipinski definition) is 7. The van der Waals surface area contributed by atoms with E-state index in [4.69, 9.17) is 14.8 Å². The number of amidine groups is 1. The number of rotatable bonds is 3. The molecule has 0 aliphatic carbocycles. The SMILES string of the molecule is CC/C=c1/c2c(nc(=O)n1C)N(C1CCN(C(=O)OC(C)(C)C)CC1)N=C(c1ccccc1)N=2. The molecule has 0 bridgehead atoms. The van der Waals surface area contributed by atoms with Crippen molar-refractivity contribution in [1.29, 1.82) is 0 Å². The van der Waals surface area contributed by atoms with Gasteiger partial charge in [-0.2, -0.15) is 10.1 Å². The second kappa shape index (κ2) is 9.40. The summed E-state index contributed by atoms with van der Waals surface area (Å²) in [4.78, 5) is 36.1. The number of carbonyl (C=O) groups is 1. The van der Waals surface area contributed by atoms with Crippen molar-refractivity contribution in [3.63, 3.8) is 0 Å². The molecule has 2 aliphatic rings. The summed E-state index contributed by atoms with van der Waals surface area (Å²) in [5.41, 5.74) is 0.00979. The lowest BCUT2D eigenvalue weighted by Gasteiger charge is -2.37. The summed E-state index contributed by atoms with van der Waals surface area (Å²) >= 11 is 0. The number of amides is 1. The molecule has 0 radical (unpaired) electrons. The molecule has 4 rings (SSSR count). The normalized spacial score (nSPS) is 17.2. The van der Waals surface area contributed by atoms with E-state index in [1.54, 1.807) is 11.9 Å². The second-order valence-electron chi connectivity index (χ2n) is 9.57. The largest absolute Gasteiger partial charge is 0.444 e. The van der Waals surface area contributed by atoms with E-state index in [9.17, 15) is 9.59 Å². The highest BCUT2D eigenvalue weighted by atomic mass is 16.6. The van der Waals surface area contributed by atoms with Crippen LogP contribution in [-0.2, 0) is 11.8 Å². The van der Waals surface area contributed by atoms with Crippen LogP contribution >= 0.6 is 0 Å². The summed E-state index contributed by atoms with van der Waals surface area (Å²) in [5.74, 6) is 1.05. The zero-order chi connectivity index (χ0) is 24.5. The molecule has 1 amide bonds. The number of hydrazone groups is 1. The Morgan fingerprint density at radius 1 is 1.18 bits per heavy atom. The van der Waals surface area contributed by atoms with Gasteiger partial charge in [0.05, 0.1) is 11.4 Å². The molecule has 2 aromatic rings. The molecule has 1 saturated heterocycles. The van der Waals surface area contributed by atoms with Gasteiger partial charge in [-0.3, -0.25) is 4.57 Å². The number of carbonyl (C=O) groups excluding carboxylic acids is 1. The minimum Gasteiger partial charge on any atom is -0.444 e. The Balaban J connectivity index is 1.72. The topological polar surface area (TPSA) is 92.4 Å². The van der Waals surface area contributed by atoms with Gasteiger partial charge < -0.3 is 9.64 Å². The van der Waals surface area contributed by atoms with Crippen molar-refractivity contribution in [2.24, 2.45) is 17.1 Å². The highest BCUT2D eigenvalue weighted by molar-refractivity contribution is 6.00. The molecule has 180 valence electrons. The summed E-state index contributed by atoms with van der Waals surface area (Å²) in [6.07, 6.45) is 3.79. The number of ether oxygens (including phenoxy) is 1. The predicted molar refractivity (Wildman–Crippen MR) is 131 cm³/mol. The van der Waals surface area contributed by atoms with E-state index in [2.05, 4.69) is 4.98 Å². The Morgan fingerprint density at radius 2 is 1.85 bits per heavy atom. The molecule has 9 heteroatoms. The molecule has 2 aliphatic heterocycles. The third kappa shape index (κ3) is 4.88. The summed E-state index contributed by atoms with van der Waals surface area (Å²) < 4.78 is 7.06. The van der Waals surface area contributed by atoms with Gasteiger partial charge in [-0.15, -0.1) is 0 Å². The molecule has 0 unspecified atom stereocenters. The fraction of sp³-hybridized carbons (Fsp3) is 0.480. The van der Waals surface area contributed by atoms with Crippen LogP contribution in [-0.4, -0.2) is 51.1 Å². The van der Waals surface area contributed by atoms with Crippen LogP contribution in [0.5, 0.6) is 0 Å².